The van der Waals surface area contributed by atoms with E-state index in [4.69, 9.17) is 0 Å². The number of carboxylic acids is 1. The minimum atomic E-state index is -0.906. The molecule has 0 aliphatic carbocycles. The third kappa shape index (κ3) is 3.00. The van der Waals surface area contributed by atoms with Gasteiger partial charge in [0.05, 0.1) is 0 Å². The van der Waals surface area contributed by atoms with Gasteiger partial charge in [-0.2, -0.15) is 0 Å². The first kappa shape index (κ1) is 14.6. The molecule has 1 fully saturated rings. The van der Waals surface area contributed by atoms with Crippen molar-refractivity contribution in [2.24, 2.45) is 0 Å². The molecule has 1 saturated heterocycles. The lowest BCUT2D eigenvalue weighted by Gasteiger charge is -2.33. The maximum atomic E-state index is 12.5. The summed E-state index contributed by atoms with van der Waals surface area (Å²) in [5.41, 5.74) is 1.75. The molecule has 2 rings (SSSR count). The van der Waals surface area contributed by atoms with Crippen LogP contribution in [0.3, 0.4) is 0 Å². The summed E-state index contributed by atoms with van der Waals surface area (Å²) in [5, 5.41) is 9.23. The molecule has 1 aromatic rings. The van der Waals surface area contributed by atoms with Gasteiger partial charge in [0.2, 0.25) is 0 Å². The minimum absolute atomic E-state index is 0.174. The molecule has 0 radical (unpaired) electrons. The Kier molecular flexibility index (Phi) is 4.42. The largest absolute Gasteiger partial charge is 0.480 e. The van der Waals surface area contributed by atoms with Gasteiger partial charge in [-0.1, -0.05) is 26.0 Å². The van der Waals surface area contributed by atoms with Crippen LogP contribution in [0.1, 0.15) is 54.9 Å². The lowest BCUT2D eigenvalue weighted by molar-refractivity contribution is -0.143. The summed E-state index contributed by atoms with van der Waals surface area (Å²) >= 11 is 0. The molecule has 1 aliphatic rings. The van der Waals surface area contributed by atoms with E-state index < -0.39 is 12.0 Å². The average Bonchev–Trinajstić information content (AvgIpc) is 2.46. The Morgan fingerprint density at radius 2 is 1.85 bits per heavy atom. The van der Waals surface area contributed by atoms with Crippen LogP contribution in [0.2, 0.25) is 0 Å². The monoisotopic (exact) mass is 275 g/mol. The second-order valence-corrected chi connectivity index (χ2v) is 5.63. The molecule has 0 saturated carbocycles. The van der Waals surface area contributed by atoms with Gasteiger partial charge in [-0.15, -0.1) is 0 Å². The van der Waals surface area contributed by atoms with Crippen molar-refractivity contribution in [1.29, 1.82) is 0 Å². The van der Waals surface area contributed by atoms with E-state index in [-0.39, 0.29) is 5.91 Å². The van der Waals surface area contributed by atoms with Gasteiger partial charge in [-0.25, -0.2) is 4.79 Å². The lowest BCUT2D eigenvalue weighted by Crippen LogP contribution is -2.47. The number of hydrogen-bond acceptors (Lipinski definition) is 2. The Labute approximate surface area is 119 Å². The molecule has 1 unspecified atom stereocenters. The van der Waals surface area contributed by atoms with Gasteiger partial charge >= 0.3 is 5.97 Å². The number of carbonyl (C=O) groups is 2. The molecule has 1 aromatic carbocycles. The van der Waals surface area contributed by atoms with E-state index in [1.165, 1.54) is 10.5 Å². The lowest BCUT2D eigenvalue weighted by atomic mass is 9.99. The van der Waals surface area contributed by atoms with Crippen LogP contribution >= 0.6 is 0 Å². The van der Waals surface area contributed by atoms with Gasteiger partial charge in [0.1, 0.15) is 6.04 Å². The molecule has 1 amide bonds. The predicted octanol–water partition coefficient (Wildman–Crippen LogP) is 2.89. The Hall–Kier alpha value is -1.84. The zero-order valence-corrected chi connectivity index (χ0v) is 12.0. The fourth-order valence-electron chi connectivity index (χ4n) is 2.61. The molecule has 108 valence electrons. The molecule has 1 heterocycles. The van der Waals surface area contributed by atoms with Gasteiger partial charge < -0.3 is 10.0 Å². The van der Waals surface area contributed by atoms with E-state index in [0.29, 0.717) is 24.4 Å². The quantitative estimate of drug-likeness (QED) is 0.922. The van der Waals surface area contributed by atoms with Gasteiger partial charge in [0, 0.05) is 12.1 Å². The van der Waals surface area contributed by atoms with Crippen LogP contribution < -0.4 is 0 Å². The second kappa shape index (κ2) is 6.07. The molecule has 1 N–H and O–H groups in total. The van der Waals surface area contributed by atoms with E-state index in [1.807, 2.05) is 12.1 Å². The number of piperidine rings is 1. The summed E-state index contributed by atoms with van der Waals surface area (Å²) < 4.78 is 0. The van der Waals surface area contributed by atoms with Crippen molar-refractivity contribution >= 4 is 11.9 Å². The molecule has 0 spiro atoms. The number of carbonyl (C=O) groups excluding carboxylic acids is 1. The fourth-order valence-corrected chi connectivity index (χ4v) is 2.61. The van der Waals surface area contributed by atoms with Crippen molar-refractivity contribution in [3.63, 3.8) is 0 Å². The molecule has 0 bridgehead atoms. The topological polar surface area (TPSA) is 57.6 Å². The van der Waals surface area contributed by atoms with Crippen LogP contribution in [0.15, 0.2) is 24.3 Å². The number of rotatable bonds is 3. The predicted molar refractivity (Wildman–Crippen MR) is 76.8 cm³/mol. The summed E-state index contributed by atoms with van der Waals surface area (Å²) in [4.78, 5) is 25.2. The number of benzene rings is 1. The standard InChI is InChI=1S/C16H21NO3/c1-11(2)12-6-8-13(9-7-12)15(18)17-10-4-3-5-14(17)16(19)20/h6-9,11,14H,3-5,10H2,1-2H3,(H,19,20). The smallest absolute Gasteiger partial charge is 0.326 e. The van der Waals surface area contributed by atoms with Crippen LogP contribution in [-0.2, 0) is 4.79 Å². The number of aliphatic carboxylic acids is 1. The molecular formula is C16H21NO3. The van der Waals surface area contributed by atoms with E-state index in [1.54, 1.807) is 12.1 Å². The number of likely N-dealkylation sites (tertiary alicyclic amines) is 1. The molecule has 4 nitrogen and oxygen atoms in total. The third-order valence-corrected chi connectivity index (χ3v) is 3.87. The van der Waals surface area contributed by atoms with Crippen LogP contribution in [0.25, 0.3) is 0 Å². The van der Waals surface area contributed by atoms with Crippen molar-refractivity contribution < 1.29 is 14.7 Å². The van der Waals surface area contributed by atoms with Gasteiger partial charge in [-0.3, -0.25) is 4.79 Å². The van der Waals surface area contributed by atoms with E-state index in [9.17, 15) is 14.7 Å². The Morgan fingerprint density at radius 3 is 2.40 bits per heavy atom. The third-order valence-electron chi connectivity index (χ3n) is 3.87. The Morgan fingerprint density at radius 1 is 1.20 bits per heavy atom. The van der Waals surface area contributed by atoms with Crippen LogP contribution in [0.5, 0.6) is 0 Å². The van der Waals surface area contributed by atoms with E-state index in [2.05, 4.69) is 13.8 Å². The fraction of sp³-hybridized carbons (Fsp3) is 0.500. The highest BCUT2D eigenvalue weighted by Gasteiger charge is 2.32. The summed E-state index contributed by atoms with van der Waals surface area (Å²) in [6, 6.07) is 6.80. The number of nitrogens with zero attached hydrogens (tertiary/aromatic N) is 1. The summed E-state index contributed by atoms with van der Waals surface area (Å²) in [6.45, 7) is 4.73. The van der Waals surface area contributed by atoms with Gasteiger partial charge in [0.25, 0.3) is 5.91 Å². The molecule has 1 aliphatic heterocycles. The normalized spacial score (nSPS) is 19.1. The van der Waals surface area contributed by atoms with E-state index >= 15 is 0 Å². The Balaban J connectivity index is 2.18. The van der Waals surface area contributed by atoms with Gasteiger partial charge in [-0.05, 0) is 42.9 Å². The molecule has 0 aromatic heterocycles. The zero-order chi connectivity index (χ0) is 14.7. The number of hydrogen-bond donors (Lipinski definition) is 1. The highest BCUT2D eigenvalue weighted by atomic mass is 16.4. The summed E-state index contributed by atoms with van der Waals surface area (Å²) in [6.07, 6.45) is 2.29. The van der Waals surface area contributed by atoms with Crippen molar-refractivity contribution in [2.45, 2.75) is 45.1 Å². The molecule has 4 heteroatoms. The van der Waals surface area contributed by atoms with Crippen molar-refractivity contribution in [1.82, 2.24) is 4.90 Å². The minimum Gasteiger partial charge on any atom is -0.480 e. The SMILES string of the molecule is CC(C)c1ccc(C(=O)N2CCCCC2C(=O)O)cc1. The Bertz CT molecular complexity index is 493. The first-order valence-electron chi connectivity index (χ1n) is 7.14. The average molecular weight is 275 g/mol. The van der Waals surface area contributed by atoms with Crippen LogP contribution in [0.4, 0.5) is 0 Å². The maximum absolute atomic E-state index is 12.5. The van der Waals surface area contributed by atoms with Crippen LogP contribution in [-0.4, -0.2) is 34.5 Å². The molecule has 20 heavy (non-hydrogen) atoms. The summed E-state index contributed by atoms with van der Waals surface area (Å²) in [7, 11) is 0. The van der Waals surface area contributed by atoms with Gasteiger partial charge in [0.15, 0.2) is 0 Å². The highest BCUT2D eigenvalue weighted by Crippen LogP contribution is 2.21. The van der Waals surface area contributed by atoms with Crippen LogP contribution in [0, 0.1) is 0 Å². The van der Waals surface area contributed by atoms with Crippen molar-refractivity contribution in [3.05, 3.63) is 35.4 Å². The first-order valence-corrected chi connectivity index (χ1v) is 7.14. The second-order valence-electron chi connectivity index (χ2n) is 5.63. The van der Waals surface area contributed by atoms with E-state index in [0.717, 1.165) is 12.8 Å². The number of carboxylic acid groups (broad SMARTS) is 1. The number of amides is 1. The zero-order valence-electron chi connectivity index (χ0n) is 12.0. The molecule has 1 atom stereocenters. The maximum Gasteiger partial charge on any atom is 0.326 e. The van der Waals surface area contributed by atoms with Crippen molar-refractivity contribution in [3.8, 4) is 0 Å². The highest BCUT2D eigenvalue weighted by molar-refractivity contribution is 5.96. The van der Waals surface area contributed by atoms with Crippen molar-refractivity contribution in [2.75, 3.05) is 6.54 Å². The first-order chi connectivity index (χ1) is 9.50. The molecular weight excluding hydrogens is 254 g/mol. The summed E-state index contributed by atoms with van der Waals surface area (Å²) in [5.74, 6) is -0.662.